The molecule has 0 spiro atoms. The van der Waals surface area contributed by atoms with Crippen molar-refractivity contribution in [2.24, 2.45) is 0 Å². The summed E-state index contributed by atoms with van der Waals surface area (Å²) in [5.74, 6) is 0.611. The number of thiophene rings is 1. The van der Waals surface area contributed by atoms with Crippen LogP contribution >= 0.6 is 11.3 Å². The summed E-state index contributed by atoms with van der Waals surface area (Å²) < 4.78 is 1.05. The van der Waals surface area contributed by atoms with Gasteiger partial charge in [-0.05, 0) is 42.0 Å². The number of piperazine rings is 1. The number of rotatable bonds is 4. The third-order valence-corrected chi connectivity index (χ3v) is 7.06. The number of anilines is 2. The summed E-state index contributed by atoms with van der Waals surface area (Å²) in [7, 11) is 0. The number of nitrogens with one attached hydrogen (secondary N) is 2. The molecule has 1 aliphatic heterocycles. The Morgan fingerprint density at radius 3 is 2.74 bits per heavy atom. The number of carbonyl (C=O) groups is 1. The molecule has 0 unspecified atom stereocenters. The second-order valence-electron chi connectivity index (χ2n) is 8.21. The van der Waals surface area contributed by atoms with Gasteiger partial charge in [0.15, 0.2) is 0 Å². The molecule has 1 amide bonds. The first-order valence-electron chi connectivity index (χ1n) is 11.2. The Balaban J connectivity index is 1.33. The van der Waals surface area contributed by atoms with E-state index in [1.165, 1.54) is 11.3 Å². The van der Waals surface area contributed by atoms with E-state index in [1.54, 1.807) is 6.20 Å². The van der Waals surface area contributed by atoms with Crippen LogP contribution in [0.3, 0.4) is 0 Å². The van der Waals surface area contributed by atoms with Crippen LogP contribution in [0.15, 0.2) is 73.2 Å². The molecule has 6 rings (SSSR count). The van der Waals surface area contributed by atoms with Crippen LogP contribution in [0.25, 0.3) is 32.1 Å². The van der Waals surface area contributed by atoms with Crippen LogP contribution in [0, 0.1) is 0 Å². The highest BCUT2D eigenvalue weighted by Gasteiger charge is 2.21. The van der Waals surface area contributed by atoms with E-state index >= 15 is 0 Å². The highest BCUT2D eigenvalue weighted by molar-refractivity contribution is 7.21. The minimum atomic E-state index is 0.0930. The van der Waals surface area contributed by atoms with Crippen LogP contribution in [0.2, 0.25) is 0 Å². The Bertz CT molecular complexity index is 1490. The zero-order valence-electron chi connectivity index (χ0n) is 18.4. The number of hydrogen-bond acceptors (Lipinski definition) is 7. The minimum Gasteiger partial charge on any atom is -0.335 e. The Kier molecular flexibility index (Phi) is 5.37. The quantitative estimate of drug-likeness (QED) is 0.400. The number of aromatic nitrogens is 3. The predicted molar refractivity (Wildman–Crippen MR) is 137 cm³/mol. The number of amides is 1. The second kappa shape index (κ2) is 8.81. The number of carbonyl (C=O) groups excluding carboxylic acids is 1. The number of benzene rings is 2. The second-order valence-corrected chi connectivity index (χ2v) is 9.29. The lowest BCUT2D eigenvalue weighted by Crippen LogP contribution is -2.46. The van der Waals surface area contributed by atoms with Gasteiger partial charge in [0.1, 0.15) is 0 Å². The lowest BCUT2D eigenvalue weighted by Gasteiger charge is -2.26. The molecule has 1 fully saturated rings. The van der Waals surface area contributed by atoms with Gasteiger partial charge in [0.25, 0.3) is 5.91 Å². The van der Waals surface area contributed by atoms with E-state index in [0.717, 1.165) is 68.9 Å². The fraction of sp³-hybridized carbons (Fsp3) is 0.154. The van der Waals surface area contributed by atoms with Gasteiger partial charge in [0.2, 0.25) is 5.95 Å². The molecule has 1 aliphatic rings. The maximum absolute atomic E-state index is 13.0. The van der Waals surface area contributed by atoms with E-state index in [4.69, 9.17) is 4.98 Å². The van der Waals surface area contributed by atoms with Crippen molar-refractivity contribution in [1.29, 1.82) is 0 Å². The first-order chi connectivity index (χ1) is 16.7. The van der Waals surface area contributed by atoms with Crippen LogP contribution < -0.4 is 10.6 Å². The number of pyridine rings is 1. The Hall–Kier alpha value is -3.88. The molecule has 0 radical (unpaired) electrons. The van der Waals surface area contributed by atoms with Crippen molar-refractivity contribution in [2.75, 3.05) is 31.5 Å². The average molecular weight is 467 g/mol. The van der Waals surface area contributed by atoms with E-state index in [-0.39, 0.29) is 5.91 Å². The van der Waals surface area contributed by atoms with Gasteiger partial charge < -0.3 is 15.5 Å². The Morgan fingerprint density at radius 1 is 1.00 bits per heavy atom. The van der Waals surface area contributed by atoms with Crippen molar-refractivity contribution in [3.05, 3.63) is 78.1 Å². The summed E-state index contributed by atoms with van der Waals surface area (Å²) in [6, 6.07) is 18.1. The van der Waals surface area contributed by atoms with Crippen LogP contribution in [-0.4, -0.2) is 51.9 Å². The minimum absolute atomic E-state index is 0.0930. The third kappa shape index (κ3) is 3.98. The van der Waals surface area contributed by atoms with E-state index in [1.807, 2.05) is 59.8 Å². The molecule has 8 heteroatoms. The van der Waals surface area contributed by atoms with Crippen molar-refractivity contribution in [3.63, 3.8) is 0 Å². The average Bonchev–Trinajstić information content (AvgIpc) is 3.34. The third-order valence-electron chi connectivity index (χ3n) is 5.98. The molecular formula is C26H22N6OS. The van der Waals surface area contributed by atoms with Gasteiger partial charge in [-0.15, -0.1) is 11.3 Å². The van der Waals surface area contributed by atoms with Crippen molar-refractivity contribution < 1.29 is 4.79 Å². The molecule has 2 N–H and O–H groups in total. The first-order valence-corrected chi connectivity index (χ1v) is 12.0. The van der Waals surface area contributed by atoms with Gasteiger partial charge in [0.05, 0.1) is 10.4 Å². The van der Waals surface area contributed by atoms with E-state index < -0.39 is 0 Å². The lowest BCUT2D eigenvalue weighted by molar-refractivity contribution is 0.0741. The van der Waals surface area contributed by atoms with Crippen molar-refractivity contribution in [1.82, 2.24) is 25.2 Å². The molecule has 1 saturated heterocycles. The summed E-state index contributed by atoms with van der Waals surface area (Å²) in [6.07, 6.45) is 5.44. The zero-order valence-corrected chi connectivity index (χ0v) is 19.2. The van der Waals surface area contributed by atoms with Gasteiger partial charge in [-0.25, -0.2) is 9.97 Å². The number of hydrogen-bond donors (Lipinski definition) is 2. The van der Waals surface area contributed by atoms with Crippen molar-refractivity contribution in [2.45, 2.75) is 0 Å². The molecule has 0 atom stereocenters. The summed E-state index contributed by atoms with van der Waals surface area (Å²) >= 11 is 1.52. The number of nitrogens with zero attached hydrogens (tertiary/aromatic N) is 4. The van der Waals surface area contributed by atoms with Gasteiger partial charge in [0, 0.05) is 71.5 Å². The molecule has 4 heterocycles. The molecule has 0 aliphatic carbocycles. The molecule has 0 bridgehead atoms. The molecule has 34 heavy (non-hydrogen) atoms. The molecule has 3 aromatic heterocycles. The predicted octanol–water partition coefficient (Wildman–Crippen LogP) is 4.70. The maximum Gasteiger partial charge on any atom is 0.264 e. The molecule has 5 aromatic rings. The van der Waals surface area contributed by atoms with Crippen LogP contribution in [0.4, 0.5) is 11.6 Å². The van der Waals surface area contributed by atoms with E-state index in [2.05, 4.69) is 32.7 Å². The highest BCUT2D eigenvalue weighted by Crippen LogP contribution is 2.32. The van der Waals surface area contributed by atoms with Crippen LogP contribution in [0.1, 0.15) is 9.67 Å². The zero-order chi connectivity index (χ0) is 22.9. The maximum atomic E-state index is 13.0. The lowest BCUT2D eigenvalue weighted by atomic mass is 10.1. The molecule has 2 aromatic carbocycles. The smallest absolute Gasteiger partial charge is 0.264 e. The summed E-state index contributed by atoms with van der Waals surface area (Å²) in [4.78, 5) is 29.2. The van der Waals surface area contributed by atoms with Crippen molar-refractivity contribution >= 4 is 49.9 Å². The molecule has 0 saturated carbocycles. The fourth-order valence-corrected chi connectivity index (χ4v) is 5.27. The standard InChI is InChI=1S/C26H22N6OS/c33-25(32-11-9-27-10-12-32)23-14-21-22(34-23)7-6-19-16-29-26(31-24(19)21)30-20-5-1-3-17(13-20)18-4-2-8-28-15-18/h1-8,13-16,27H,9-12H2,(H,29,30,31). The fourth-order valence-electron chi connectivity index (χ4n) is 4.24. The normalized spacial score (nSPS) is 13.9. The molecule has 168 valence electrons. The monoisotopic (exact) mass is 466 g/mol. The van der Waals surface area contributed by atoms with E-state index in [9.17, 15) is 4.79 Å². The van der Waals surface area contributed by atoms with Gasteiger partial charge in [-0.3, -0.25) is 9.78 Å². The van der Waals surface area contributed by atoms with Gasteiger partial charge >= 0.3 is 0 Å². The topological polar surface area (TPSA) is 83.0 Å². The molecular weight excluding hydrogens is 444 g/mol. The SMILES string of the molecule is O=C(c1cc2c(ccc3cnc(Nc4cccc(-c5cccnc5)c4)nc32)s1)N1CCNCC1. The van der Waals surface area contributed by atoms with Crippen molar-refractivity contribution in [3.8, 4) is 11.1 Å². The summed E-state index contributed by atoms with van der Waals surface area (Å²) in [5, 5.41) is 8.55. The van der Waals surface area contributed by atoms with Crippen LogP contribution in [0.5, 0.6) is 0 Å². The van der Waals surface area contributed by atoms with Gasteiger partial charge in [-0.2, -0.15) is 0 Å². The summed E-state index contributed by atoms with van der Waals surface area (Å²) in [5.41, 5.74) is 3.85. The highest BCUT2D eigenvalue weighted by atomic mass is 32.1. The Labute approximate surface area is 200 Å². The number of fused-ring (bicyclic) bond motifs is 3. The Morgan fingerprint density at radius 2 is 1.88 bits per heavy atom. The largest absolute Gasteiger partial charge is 0.335 e. The summed E-state index contributed by atoms with van der Waals surface area (Å²) in [6.45, 7) is 3.15. The van der Waals surface area contributed by atoms with Crippen LogP contribution in [-0.2, 0) is 0 Å². The van der Waals surface area contributed by atoms with Gasteiger partial charge in [-0.1, -0.05) is 18.2 Å². The first kappa shape index (κ1) is 20.7. The van der Waals surface area contributed by atoms with E-state index in [0.29, 0.717) is 5.95 Å². The molecule has 7 nitrogen and oxygen atoms in total.